The van der Waals surface area contributed by atoms with E-state index in [1.165, 1.54) is 11.1 Å². The summed E-state index contributed by atoms with van der Waals surface area (Å²) in [5, 5.41) is 3.41. The van der Waals surface area contributed by atoms with E-state index in [9.17, 15) is 0 Å². The third-order valence-electron chi connectivity index (χ3n) is 3.21. The molecule has 0 aromatic heterocycles. The molecule has 2 nitrogen and oxygen atoms in total. The van der Waals surface area contributed by atoms with Crippen LogP contribution in [-0.2, 0) is 0 Å². The fourth-order valence-electron chi connectivity index (χ4n) is 2.08. The molecule has 0 aliphatic rings. The summed E-state index contributed by atoms with van der Waals surface area (Å²) in [6, 6.07) is 14.5. The maximum atomic E-state index is 5.86. The summed E-state index contributed by atoms with van der Waals surface area (Å²) in [6.07, 6.45) is 0. The first-order chi connectivity index (χ1) is 9.60. The van der Waals surface area contributed by atoms with Crippen LogP contribution in [0.3, 0.4) is 0 Å². The lowest BCUT2D eigenvalue weighted by Gasteiger charge is -2.15. The molecule has 0 aliphatic carbocycles. The molecule has 0 heterocycles. The summed E-state index contributed by atoms with van der Waals surface area (Å²) in [7, 11) is 0. The minimum atomic E-state index is 0.322. The first kappa shape index (κ1) is 15.1. The van der Waals surface area contributed by atoms with Crippen LogP contribution >= 0.6 is 15.9 Å². The molecule has 1 unspecified atom stereocenters. The molecule has 106 valence electrons. The van der Waals surface area contributed by atoms with E-state index in [-0.39, 0.29) is 0 Å². The highest BCUT2D eigenvalue weighted by atomic mass is 79.9. The van der Waals surface area contributed by atoms with E-state index in [4.69, 9.17) is 4.74 Å². The zero-order valence-electron chi connectivity index (χ0n) is 12.1. The molecule has 2 rings (SSSR count). The lowest BCUT2D eigenvalue weighted by atomic mass is 10.1. The van der Waals surface area contributed by atoms with Crippen LogP contribution in [0.2, 0.25) is 0 Å². The Morgan fingerprint density at radius 1 is 1.10 bits per heavy atom. The summed E-state index contributed by atoms with van der Waals surface area (Å²) >= 11 is 3.62. The van der Waals surface area contributed by atoms with Gasteiger partial charge >= 0.3 is 0 Å². The summed E-state index contributed by atoms with van der Waals surface area (Å²) in [4.78, 5) is 0. The average Bonchev–Trinajstić information content (AvgIpc) is 2.42. The number of halogens is 1. The molecule has 1 N–H and O–H groups in total. The van der Waals surface area contributed by atoms with Gasteiger partial charge in [0.1, 0.15) is 11.5 Å². The Bertz CT molecular complexity index is 566. The minimum absolute atomic E-state index is 0.322. The number of hydrogen-bond donors (Lipinski definition) is 1. The van der Waals surface area contributed by atoms with Crippen LogP contribution < -0.4 is 10.1 Å². The normalized spacial score (nSPS) is 12.2. The zero-order valence-corrected chi connectivity index (χ0v) is 13.7. The maximum Gasteiger partial charge on any atom is 0.128 e. The molecule has 0 saturated carbocycles. The third-order valence-corrected chi connectivity index (χ3v) is 3.89. The molecule has 0 saturated heterocycles. The Balaban J connectivity index is 2.14. The molecule has 3 heteroatoms. The van der Waals surface area contributed by atoms with Crippen molar-refractivity contribution in [1.82, 2.24) is 5.32 Å². The predicted octanol–water partition coefficient (Wildman–Crippen LogP) is 5.22. The van der Waals surface area contributed by atoms with Crippen LogP contribution in [-0.4, -0.2) is 6.54 Å². The van der Waals surface area contributed by atoms with Crippen molar-refractivity contribution in [2.24, 2.45) is 0 Å². The van der Waals surface area contributed by atoms with E-state index in [1.54, 1.807) is 0 Å². The van der Waals surface area contributed by atoms with E-state index in [2.05, 4.69) is 48.1 Å². The van der Waals surface area contributed by atoms with Crippen molar-refractivity contribution in [3.63, 3.8) is 0 Å². The third kappa shape index (κ3) is 3.84. The highest BCUT2D eigenvalue weighted by Gasteiger charge is 2.09. The Hall–Kier alpha value is -1.32. The van der Waals surface area contributed by atoms with Crippen molar-refractivity contribution in [3.8, 4) is 11.5 Å². The van der Waals surface area contributed by atoms with Gasteiger partial charge in [-0.15, -0.1) is 0 Å². The molecule has 0 fully saturated rings. The lowest BCUT2D eigenvalue weighted by Crippen LogP contribution is -2.17. The van der Waals surface area contributed by atoms with Gasteiger partial charge in [-0.05, 0) is 50.2 Å². The lowest BCUT2D eigenvalue weighted by molar-refractivity contribution is 0.481. The number of hydrogen-bond acceptors (Lipinski definition) is 2. The van der Waals surface area contributed by atoms with E-state index < -0.39 is 0 Å². The monoisotopic (exact) mass is 333 g/mol. The SMILES string of the molecule is CCNC(C)c1ccc(Oc2ccc(C)cc2)cc1Br. The Morgan fingerprint density at radius 2 is 1.75 bits per heavy atom. The first-order valence-electron chi connectivity index (χ1n) is 6.87. The van der Waals surface area contributed by atoms with Gasteiger partial charge in [0.05, 0.1) is 0 Å². The molecule has 0 aliphatic heterocycles. The minimum Gasteiger partial charge on any atom is -0.457 e. The highest BCUT2D eigenvalue weighted by Crippen LogP contribution is 2.30. The molecule has 0 amide bonds. The molecule has 20 heavy (non-hydrogen) atoms. The smallest absolute Gasteiger partial charge is 0.128 e. The summed E-state index contributed by atoms with van der Waals surface area (Å²) in [5.41, 5.74) is 2.47. The quantitative estimate of drug-likeness (QED) is 0.809. The second-order valence-corrected chi connectivity index (χ2v) is 5.73. The van der Waals surface area contributed by atoms with Gasteiger partial charge in [-0.1, -0.05) is 46.6 Å². The number of benzene rings is 2. The number of nitrogens with one attached hydrogen (secondary N) is 1. The van der Waals surface area contributed by atoms with Crippen molar-refractivity contribution in [1.29, 1.82) is 0 Å². The summed E-state index contributed by atoms with van der Waals surface area (Å²) in [5.74, 6) is 1.70. The summed E-state index contributed by atoms with van der Waals surface area (Å²) in [6.45, 7) is 7.29. The maximum absolute atomic E-state index is 5.86. The summed E-state index contributed by atoms with van der Waals surface area (Å²) < 4.78 is 6.92. The van der Waals surface area contributed by atoms with Crippen molar-refractivity contribution in [2.75, 3.05) is 6.54 Å². The van der Waals surface area contributed by atoms with Crippen LogP contribution in [0.15, 0.2) is 46.9 Å². The van der Waals surface area contributed by atoms with Gasteiger partial charge in [-0.2, -0.15) is 0 Å². The van der Waals surface area contributed by atoms with E-state index >= 15 is 0 Å². The molecule has 2 aromatic carbocycles. The predicted molar refractivity (Wildman–Crippen MR) is 87.5 cm³/mol. The van der Waals surface area contributed by atoms with Crippen LogP contribution in [0.4, 0.5) is 0 Å². The topological polar surface area (TPSA) is 21.3 Å². The van der Waals surface area contributed by atoms with E-state index in [0.29, 0.717) is 6.04 Å². The van der Waals surface area contributed by atoms with Gasteiger partial charge in [0.15, 0.2) is 0 Å². The van der Waals surface area contributed by atoms with Crippen LogP contribution in [0.25, 0.3) is 0 Å². The van der Waals surface area contributed by atoms with Crippen molar-refractivity contribution < 1.29 is 4.74 Å². The van der Waals surface area contributed by atoms with Gasteiger partial charge in [-0.25, -0.2) is 0 Å². The molecule has 2 aromatic rings. The highest BCUT2D eigenvalue weighted by molar-refractivity contribution is 9.10. The molecular formula is C17H20BrNO. The molecule has 0 spiro atoms. The molecule has 0 bridgehead atoms. The van der Waals surface area contributed by atoms with Crippen LogP contribution in [0.5, 0.6) is 11.5 Å². The number of aryl methyl sites for hydroxylation is 1. The van der Waals surface area contributed by atoms with Crippen molar-refractivity contribution >= 4 is 15.9 Å². The zero-order chi connectivity index (χ0) is 14.5. The number of rotatable bonds is 5. The largest absolute Gasteiger partial charge is 0.457 e. The van der Waals surface area contributed by atoms with Gasteiger partial charge in [0.25, 0.3) is 0 Å². The van der Waals surface area contributed by atoms with Gasteiger partial charge in [0.2, 0.25) is 0 Å². The van der Waals surface area contributed by atoms with Crippen molar-refractivity contribution in [2.45, 2.75) is 26.8 Å². The number of ether oxygens (including phenoxy) is 1. The average molecular weight is 334 g/mol. The first-order valence-corrected chi connectivity index (χ1v) is 7.66. The Morgan fingerprint density at radius 3 is 2.35 bits per heavy atom. The Labute approximate surface area is 129 Å². The molecule has 1 atom stereocenters. The standard InChI is InChI=1S/C17H20BrNO/c1-4-19-13(3)16-10-9-15(11-17(16)18)20-14-7-5-12(2)6-8-14/h5-11,13,19H,4H2,1-3H3. The van der Waals surface area contributed by atoms with E-state index in [1.807, 2.05) is 36.4 Å². The van der Waals surface area contributed by atoms with E-state index in [0.717, 1.165) is 22.5 Å². The Kier molecular flexibility index (Phi) is 5.21. The van der Waals surface area contributed by atoms with Crippen LogP contribution in [0.1, 0.15) is 31.0 Å². The second-order valence-electron chi connectivity index (χ2n) is 4.88. The van der Waals surface area contributed by atoms with Gasteiger partial charge < -0.3 is 10.1 Å². The van der Waals surface area contributed by atoms with Crippen LogP contribution in [0, 0.1) is 6.92 Å². The fraction of sp³-hybridized carbons (Fsp3) is 0.294. The van der Waals surface area contributed by atoms with Crippen molar-refractivity contribution in [3.05, 3.63) is 58.1 Å². The van der Waals surface area contributed by atoms with Gasteiger partial charge in [-0.3, -0.25) is 0 Å². The fourth-order valence-corrected chi connectivity index (χ4v) is 2.78. The molecule has 0 radical (unpaired) electrons. The molecular weight excluding hydrogens is 314 g/mol. The van der Waals surface area contributed by atoms with Gasteiger partial charge in [0, 0.05) is 10.5 Å². The second kappa shape index (κ2) is 6.91.